The van der Waals surface area contributed by atoms with Crippen molar-refractivity contribution in [1.82, 2.24) is 0 Å². The topological polar surface area (TPSA) is 71.1 Å². The maximum atomic E-state index is 14.0. The molecular formula is C31H34O6. The zero-order valence-electron chi connectivity index (χ0n) is 22.0. The van der Waals surface area contributed by atoms with Crippen LogP contribution in [0.1, 0.15) is 58.0 Å². The molecule has 3 aromatic carbocycles. The lowest BCUT2D eigenvalue weighted by Crippen LogP contribution is -2.36. The molecule has 0 aliphatic heterocycles. The molecule has 2 atom stereocenters. The Morgan fingerprint density at radius 1 is 0.892 bits per heavy atom. The number of ether oxygens (including phenoxy) is 4. The highest BCUT2D eigenvalue weighted by Crippen LogP contribution is 2.42. The minimum Gasteiger partial charge on any atom is -0.490 e. The fraction of sp³-hybridized carbons (Fsp3) is 0.355. The SMILES string of the molecule is COC(=O)c1ccc(C(C(OC)OC)C2CCc3cc(-c4ccccc4)c(OC(C)C)cc3C2=O)cc1. The number of Topliss-reactive ketones (excluding diaryl/α,β-unsaturated/α-hetero) is 1. The molecule has 37 heavy (non-hydrogen) atoms. The number of benzene rings is 3. The van der Waals surface area contributed by atoms with Gasteiger partial charge in [0.15, 0.2) is 12.1 Å². The maximum Gasteiger partial charge on any atom is 0.337 e. The van der Waals surface area contributed by atoms with Gasteiger partial charge in [-0.1, -0.05) is 42.5 Å². The largest absolute Gasteiger partial charge is 0.490 e. The molecule has 4 rings (SSSR count). The minimum atomic E-state index is -0.630. The van der Waals surface area contributed by atoms with E-state index >= 15 is 0 Å². The van der Waals surface area contributed by atoms with Crippen LogP contribution in [0.4, 0.5) is 0 Å². The predicted molar refractivity (Wildman–Crippen MR) is 142 cm³/mol. The Kier molecular flexibility index (Phi) is 8.41. The summed E-state index contributed by atoms with van der Waals surface area (Å²) in [4.78, 5) is 26.0. The van der Waals surface area contributed by atoms with Gasteiger partial charge < -0.3 is 18.9 Å². The van der Waals surface area contributed by atoms with Crippen molar-refractivity contribution < 1.29 is 28.5 Å². The third kappa shape index (κ3) is 5.60. The molecule has 3 aromatic rings. The van der Waals surface area contributed by atoms with E-state index in [4.69, 9.17) is 18.9 Å². The van der Waals surface area contributed by atoms with Gasteiger partial charge in [-0.15, -0.1) is 0 Å². The molecule has 194 valence electrons. The molecule has 0 saturated heterocycles. The number of methoxy groups -OCH3 is 3. The van der Waals surface area contributed by atoms with Gasteiger partial charge in [-0.2, -0.15) is 0 Å². The number of hydrogen-bond acceptors (Lipinski definition) is 6. The molecule has 0 fully saturated rings. The van der Waals surface area contributed by atoms with Crippen molar-refractivity contribution in [2.24, 2.45) is 5.92 Å². The Labute approximate surface area is 218 Å². The van der Waals surface area contributed by atoms with E-state index in [0.29, 0.717) is 23.3 Å². The van der Waals surface area contributed by atoms with Gasteiger partial charge in [-0.05, 0) is 67.6 Å². The van der Waals surface area contributed by atoms with Crippen LogP contribution in [-0.4, -0.2) is 45.5 Å². The number of ketones is 1. The third-order valence-corrected chi connectivity index (χ3v) is 6.89. The zero-order valence-corrected chi connectivity index (χ0v) is 22.0. The first kappa shape index (κ1) is 26.6. The van der Waals surface area contributed by atoms with Gasteiger partial charge in [0.2, 0.25) is 0 Å². The lowest BCUT2D eigenvalue weighted by atomic mass is 9.72. The Hall–Kier alpha value is -3.48. The van der Waals surface area contributed by atoms with E-state index in [1.54, 1.807) is 26.4 Å². The lowest BCUT2D eigenvalue weighted by Gasteiger charge is -2.35. The van der Waals surface area contributed by atoms with Crippen LogP contribution >= 0.6 is 0 Å². The van der Waals surface area contributed by atoms with Crippen LogP contribution in [0.25, 0.3) is 11.1 Å². The average Bonchev–Trinajstić information content (AvgIpc) is 2.92. The predicted octanol–water partition coefficient (Wildman–Crippen LogP) is 6.08. The first-order valence-electron chi connectivity index (χ1n) is 12.5. The summed E-state index contributed by atoms with van der Waals surface area (Å²) >= 11 is 0. The van der Waals surface area contributed by atoms with E-state index in [1.165, 1.54) is 7.11 Å². The number of carbonyl (C=O) groups is 2. The molecule has 0 bridgehead atoms. The smallest absolute Gasteiger partial charge is 0.337 e. The minimum absolute atomic E-state index is 0.0376. The first-order valence-corrected chi connectivity index (χ1v) is 12.5. The zero-order chi connectivity index (χ0) is 26.5. The summed E-state index contributed by atoms with van der Waals surface area (Å²) < 4.78 is 22.3. The van der Waals surface area contributed by atoms with E-state index in [1.807, 2.05) is 50.2 Å². The highest BCUT2D eigenvalue weighted by atomic mass is 16.7. The van der Waals surface area contributed by atoms with Crippen LogP contribution in [0.2, 0.25) is 0 Å². The molecule has 0 saturated carbocycles. The summed E-state index contributed by atoms with van der Waals surface area (Å²) in [6, 6.07) is 21.2. The molecule has 0 heterocycles. The molecule has 1 aliphatic rings. The standard InChI is InChI=1S/C31H34O6/c1-19(2)37-27-18-26-23(17-25(27)20-9-7-6-8-10-20)15-16-24(29(26)32)28(31(35-4)36-5)21-11-13-22(14-12-21)30(33)34-3/h6-14,17-19,24,28,31H,15-16H2,1-5H3. The highest BCUT2D eigenvalue weighted by molar-refractivity contribution is 6.02. The quantitative estimate of drug-likeness (QED) is 0.261. The Morgan fingerprint density at radius 3 is 2.16 bits per heavy atom. The van der Waals surface area contributed by atoms with Crippen molar-refractivity contribution in [2.45, 2.75) is 45.0 Å². The molecule has 1 aliphatic carbocycles. The average molecular weight is 503 g/mol. The number of hydrogen-bond donors (Lipinski definition) is 0. The van der Waals surface area contributed by atoms with Gasteiger partial charge in [0, 0.05) is 37.2 Å². The second kappa shape index (κ2) is 11.7. The molecule has 0 spiro atoms. The van der Waals surface area contributed by atoms with Crippen molar-refractivity contribution >= 4 is 11.8 Å². The van der Waals surface area contributed by atoms with Gasteiger partial charge in [0.1, 0.15) is 5.75 Å². The molecule has 6 nitrogen and oxygen atoms in total. The summed E-state index contributed by atoms with van der Waals surface area (Å²) in [5.41, 5.74) is 5.04. The second-order valence-corrected chi connectivity index (χ2v) is 9.53. The summed E-state index contributed by atoms with van der Waals surface area (Å²) in [6.45, 7) is 3.96. The summed E-state index contributed by atoms with van der Waals surface area (Å²) in [5, 5.41) is 0. The molecule has 0 radical (unpaired) electrons. The number of fused-ring (bicyclic) bond motifs is 1. The Morgan fingerprint density at radius 2 is 1.57 bits per heavy atom. The highest BCUT2D eigenvalue weighted by Gasteiger charge is 2.40. The summed E-state index contributed by atoms with van der Waals surface area (Å²) in [7, 11) is 4.50. The van der Waals surface area contributed by atoms with Gasteiger partial charge in [0.25, 0.3) is 0 Å². The van der Waals surface area contributed by atoms with E-state index < -0.39 is 12.3 Å². The van der Waals surface area contributed by atoms with Crippen molar-refractivity contribution in [2.75, 3.05) is 21.3 Å². The van der Waals surface area contributed by atoms with Crippen molar-refractivity contribution in [1.29, 1.82) is 0 Å². The summed E-state index contributed by atoms with van der Waals surface area (Å²) in [5.74, 6) is -0.396. The lowest BCUT2D eigenvalue weighted by molar-refractivity contribution is -0.125. The van der Waals surface area contributed by atoms with Crippen LogP contribution in [-0.2, 0) is 20.6 Å². The van der Waals surface area contributed by atoms with Gasteiger partial charge in [0.05, 0.1) is 18.8 Å². The van der Waals surface area contributed by atoms with Crippen LogP contribution in [0.3, 0.4) is 0 Å². The fourth-order valence-corrected chi connectivity index (χ4v) is 5.17. The fourth-order valence-electron chi connectivity index (χ4n) is 5.17. The van der Waals surface area contributed by atoms with Gasteiger partial charge in [-0.25, -0.2) is 4.79 Å². The van der Waals surface area contributed by atoms with Gasteiger partial charge >= 0.3 is 5.97 Å². The summed E-state index contributed by atoms with van der Waals surface area (Å²) in [6.07, 6.45) is 0.721. The Bertz CT molecular complexity index is 1230. The second-order valence-electron chi connectivity index (χ2n) is 9.53. The van der Waals surface area contributed by atoms with Crippen LogP contribution < -0.4 is 4.74 Å². The van der Waals surface area contributed by atoms with Crippen molar-refractivity contribution in [3.8, 4) is 16.9 Å². The first-order chi connectivity index (χ1) is 17.9. The van der Waals surface area contributed by atoms with Crippen molar-refractivity contribution in [3.05, 3.63) is 89.0 Å². The monoisotopic (exact) mass is 502 g/mol. The van der Waals surface area contributed by atoms with Crippen LogP contribution in [0, 0.1) is 5.92 Å². The number of aryl methyl sites for hydroxylation is 1. The molecule has 0 aromatic heterocycles. The third-order valence-electron chi connectivity index (χ3n) is 6.89. The molecular weight excluding hydrogens is 468 g/mol. The van der Waals surface area contributed by atoms with Gasteiger partial charge in [-0.3, -0.25) is 4.79 Å². The van der Waals surface area contributed by atoms with Crippen LogP contribution in [0.5, 0.6) is 5.75 Å². The normalized spacial score (nSPS) is 16.0. The van der Waals surface area contributed by atoms with Crippen LogP contribution in [0.15, 0.2) is 66.7 Å². The molecule has 2 unspecified atom stereocenters. The van der Waals surface area contributed by atoms with Crippen molar-refractivity contribution in [3.63, 3.8) is 0 Å². The van der Waals surface area contributed by atoms with E-state index in [9.17, 15) is 9.59 Å². The maximum absolute atomic E-state index is 14.0. The van der Waals surface area contributed by atoms with E-state index in [-0.39, 0.29) is 23.7 Å². The molecule has 0 N–H and O–H groups in total. The molecule has 0 amide bonds. The molecule has 6 heteroatoms. The van der Waals surface area contributed by atoms with E-state index in [2.05, 4.69) is 18.2 Å². The number of carbonyl (C=O) groups excluding carboxylic acids is 2. The Balaban J connectivity index is 1.75. The number of rotatable bonds is 9. The van der Waals surface area contributed by atoms with E-state index in [0.717, 1.165) is 28.7 Å². The number of esters is 1.